The molecule has 1 aliphatic heterocycles. The number of ketones is 1. The number of carboxylic acid groups (broad SMARTS) is 1. The predicted molar refractivity (Wildman–Crippen MR) is 99.0 cm³/mol. The van der Waals surface area contributed by atoms with E-state index in [9.17, 15) is 19.2 Å². The number of hydrogen-bond donors (Lipinski definition) is 2. The summed E-state index contributed by atoms with van der Waals surface area (Å²) in [5, 5.41) is 8.94. The fourth-order valence-electron chi connectivity index (χ4n) is 4.20. The molecule has 27 heavy (non-hydrogen) atoms. The molecule has 7 heteroatoms. The van der Waals surface area contributed by atoms with Crippen LogP contribution < -0.4 is 5.56 Å². The van der Waals surface area contributed by atoms with Gasteiger partial charge >= 0.3 is 5.97 Å². The number of rotatable bonds is 4. The number of nitrogens with one attached hydrogen (secondary N) is 1. The van der Waals surface area contributed by atoms with Crippen LogP contribution in [0.1, 0.15) is 78.8 Å². The molecule has 1 aromatic rings. The molecule has 0 spiro atoms. The number of Topliss-reactive ketones (excluding diaryl/α,β-unsaturated/α-hetero) is 1. The van der Waals surface area contributed by atoms with Gasteiger partial charge in [0.1, 0.15) is 5.56 Å². The predicted octanol–water partition coefficient (Wildman–Crippen LogP) is 2.39. The molecule has 1 aliphatic carbocycles. The molecule has 0 saturated carbocycles. The first kappa shape index (κ1) is 19.3. The molecule has 0 bridgehead atoms. The molecule has 2 aliphatic rings. The summed E-state index contributed by atoms with van der Waals surface area (Å²) in [6.07, 6.45) is 3.81. The van der Waals surface area contributed by atoms with Crippen LogP contribution in [-0.2, 0) is 11.2 Å². The number of likely N-dealkylation sites (tertiary alicyclic amines) is 1. The summed E-state index contributed by atoms with van der Waals surface area (Å²) in [4.78, 5) is 53.3. The molecule has 1 fully saturated rings. The molecule has 0 radical (unpaired) electrons. The molecule has 1 aromatic heterocycles. The fourth-order valence-corrected chi connectivity index (χ4v) is 4.20. The van der Waals surface area contributed by atoms with Crippen LogP contribution >= 0.6 is 0 Å². The molecule has 146 valence electrons. The first-order valence-electron chi connectivity index (χ1n) is 9.50. The molecule has 0 aromatic carbocycles. The van der Waals surface area contributed by atoms with Crippen molar-refractivity contribution in [1.29, 1.82) is 0 Å². The van der Waals surface area contributed by atoms with Crippen LogP contribution in [0.25, 0.3) is 0 Å². The number of pyridine rings is 1. The summed E-state index contributed by atoms with van der Waals surface area (Å²) >= 11 is 0. The Bertz CT molecular complexity index is 839. The Balaban J connectivity index is 1.90. The molecule has 1 unspecified atom stereocenters. The number of aromatic amines is 1. The standard InChI is InChI=1S/C20H26N2O5/c1-20(2)10-15-13(16(23)11-20)9-14(18(26)21-15)19(27)22-8-4-3-5-12(22)6-7-17(24)25/h9,12H,3-8,10-11H2,1-2H3,(H,21,26)(H,24,25). The Hall–Kier alpha value is -2.44. The van der Waals surface area contributed by atoms with E-state index in [1.807, 2.05) is 13.8 Å². The van der Waals surface area contributed by atoms with E-state index in [-0.39, 0.29) is 29.2 Å². The van der Waals surface area contributed by atoms with Crippen LogP contribution in [-0.4, -0.2) is 45.2 Å². The lowest BCUT2D eigenvalue weighted by Crippen LogP contribution is -2.46. The van der Waals surface area contributed by atoms with Gasteiger partial charge in [0.2, 0.25) is 0 Å². The molecule has 1 atom stereocenters. The Kier molecular flexibility index (Phi) is 5.22. The van der Waals surface area contributed by atoms with Crippen molar-refractivity contribution in [3.05, 3.63) is 33.2 Å². The first-order chi connectivity index (χ1) is 12.7. The number of carbonyl (C=O) groups is 3. The average molecular weight is 374 g/mol. The monoisotopic (exact) mass is 374 g/mol. The zero-order chi connectivity index (χ0) is 19.8. The fraction of sp³-hybridized carbons (Fsp3) is 0.600. The molecule has 2 N–H and O–H groups in total. The van der Waals surface area contributed by atoms with E-state index in [2.05, 4.69) is 4.98 Å². The number of fused-ring (bicyclic) bond motifs is 1. The van der Waals surface area contributed by atoms with E-state index in [4.69, 9.17) is 5.11 Å². The summed E-state index contributed by atoms with van der Waals surface area (Å²) in [6, 6.07) is 1.25. The van der Waals surface area contributed by atoms with Crippen molar-refractivity contribution in [2.24, 2.45) is 5.41 Å². The van der Waals surface area contributed by atoms with Gasteiger partial charge in [-0.25, -0.2) is 0 Å². The molecular weight excluding hydrogens is 348 g/mol. The van der Waals surface area contributed by atoms with Crippen molar-refractivity contribution >= 4 is 17.7 Å². The number of aromatic nitrogens is 1. The molecule has 1 saturated heterocycles. The Morgan fingerprint density at radius 3 is 2.70 bits per heavy atom. The smallest absolute Gasteiger partial charge is 0.303 e. The second kappa shape index (κ2) is 7.29. The quantitative estimate of drug-likeness (QED) is 0.841. The van der Waals surface area contributed by atoms with Gasteiger partial charge in [-0.2, -0.15) is 0 Å². The zero-order valence-electron chi connectivity index (χ0n) is 15.8. The van der Waals surface area contributed by atoms with E-state index in [0.717, 1.165) is 19.3 Å². The van der Waals surface area contributed by atoms with Crippen LogP contribution in [0, 0.1) is 5.41 Å². The third-order valence-corrected chi connectivity index (χ3v) is 5.53. The number of H-pyrrole nitrogens is 1. The number of nitrogens with zero attached hydrogens (tertiary/aromatic N) is 1. The van der Waals surface area contributed by atoms with Crippen LogP contribution in [0.4, 0.5) is 0 Å². The maximum atomic E-state index is 13.0. The number of amides is 1. The van der Waals surface area contributed by atoms with Gasteiger partial charge in [0.25, 0.3) is 11.5 Å². The number of piperidine rings is 1. The van der Waals surface area contributed by atoms with Crippen LogP contribution in [0.2, 0.25) is 0 Å². The molecule has 1 amide bonds. The van der Waals surface area contributed by atoms with Crippen LogP contribution in [0.3, 0.4) is 0 Å². The van der Waals surface area contributed by atoms with E-state index in [0.29, 0.717) is 37.1 Å². The second-order valence-electron chi connectivity index (χ2n) is 8.43. The summed E-state index contributed by atoms with van der Waals surface area (Å²) in [6.45, 7) is 4.46. The largest absolute Gasteiger partial charge is 0.481 e. The number of carboxylic acids is 1. The zero-order valence-corrected chi connectivity index (χ0v) is 15.8. The van der Waals surface area contributed by atoms with Gasteiger partial charge in [0, 0.05) is 36.7 Å². The maximum absolute atomic E-state index is 13.0. The number of carbonyl (C=O) groups excluding carboxylic acids is 2. The minimum atomic E-state index is -0.896. The molecule has 7 nitrogen and oxygen atoms in total. The van der Waals surface area contributed by atoms with Crippen molar-refractivity contribution in [3.63, 3.8) is 0 Å². The lowest BCUT2D eigenvalue weighted by molar-refractivity contribution is -0.137. The van der Waals surface area contributed by atoms with Crippen LogP contribution in [0.15, 0.2) is 10.9 Å². The lowest BCUT2D eigenvalue weighted by Gasteiger charge is -2.36. The third kappa shape index (κ3) is 4.12. The second-order valence-corrected chi connectivity index (χ2v) is 8.43. The Labute approximate surface area is 157 Å². The van der Waals surface area contributed by atoms with Crippen LogP contribution in [0.5, 0.6) is 0 Å². The third-order valence-electron chi connectivity index (χ3n) is 5.53. The average Bonchev–Trinajstić information content (AvgIpc) is 2.58. The minimum absolute atomic E-state index is 0.0113. The van der Waals surface area contributed by atoms with Crippen molar-refractivity contribution in [2.45, 2.75) is 64.8 Å². The number of hydrogen-bond acceptors (Lipinski definition) is 4. The van der Waals surface area contributed by atoms with Gasteiger partial charge in [-0.1, -0.05) is 13.8 Å². The van der Waals surface area contributed by atoms with E-state index < -0.39 is 17.4 Å². The minimum Gasteiger partial charge on any atom is -0.481 e. The summed E-state index contributed by atoms with van der Waals surface area (Å²) in [5.74, 6) is -1.37. The highest BCUT2D eigenvalue weighted by Crippen LogP contribution is 2.33. The van der Waals surface area contributed by atoms with Gasteiger partial charge in [0.15, 0.2) is 5.78 Å². The number of aliphatic carboxylic acids is 1. The molecular formula is C20H26N2O5. The Morgan fingerprint density at radius 2 is 2.00 bits per heavy atom. The van der Waals surface area contributed by atoms with Crippen molar-refractivity contribution in [3.8, 4) is 0 Å². The Morgan fingerprint density at radius 1 is 1.26 bits per heavy atom. The summed E-state index contributed by atoms with van der Waals surface area (Å²) < 4.78 is 0. The first-order valence-corrected chi connectivity index (χ1v) is 9.50. The highest BCUT2D eigenvalue weighted by atomic mass is 16.4. The van der Waals surface area contributed by atoms with E-state index in [1.165, 1.54) is 6.07 Å². The van der Waals surface area contributed by atoms with Gasteiger partial charge in [-0.05, 0) is 43.6 Å². The topological polar surface area (TPSA) is 108 Å². The van der Waals surface area contributed by atoms with Crippen molar-refractivity contribution < 1.29 is 19.5 Å². The summed E-state index contributed by atoms with van der Waals surface area (Å²) in [7, 11) is 0. The van der Waals surface area contributed by atoms with Crippen molar-refractivity contribution in [1.82, 2.24) is 9.88 Å². The normalized spacial score (nSPS) is 21.6. The molecule has 3 rings (SSSR count). The van der Waals surface area contributed by atoms with Gasteiger partial charge in [-0.15, -0.1) is 0 Å². The molecule has 2 heterocycles. The SMILES string of the molecule is CC1(C)CC(=O)c2cc(C(=O)N3CCCCC3CCC(=O)O)c(=O)[nH]c2C1. The highest BCUT2D eigenvalue weighted by Gasteiger charge is 2.34. The summed E-state index contributed by atoms with van der Waals surface area (Å²) in [5.41, 5.74) is 0.305. The van der Waals surface area contributed by atoms with Gasteiger partial charge < -0.3 is 15.0 Å². The maximum Gasteiger partial charge on any atom is 0.303 e. The van der Waals surface area contributed by atoms with Gasteiger partial charge in [-0.3, -0.25) is 19.2 Å². The lowest BCUT2D eigenvalue weighted by atomic mass is 9.75. The van der Waals surface area contributed by atoms with Gasteiger partial charge in [0.05, 0.1) is 0 Å². The van der Waals surface area contributed by atoms with Crippen molar-refractivity contribution in [2.75, 3.05) is 6.54 Å². The van der Waals surface area contributed by atoms with E-state index in [1.54, 1.807) is 4.90 Å². The van der Waals surface area contributed by atoms with E-state index >= 15 is 0 Å². The highest BCUT2D eigenvalue weighted by molar-refractivity contribution is 6.02.